The molecule has 4 aliphatic carbocycles. The minimum Gasteiger partial charge on any atom is -0.271 e. The van der Waals surface area contributed by atoms with Crippen LogP contribution in [0.25, 0.3) is 0 Å². The summed E-state index contributed by atoms with van der Waals surface area (Å²) in [6.45, 7) is 8.78. The fourth-order valence-electron chi connectivity index (χ4n) is 8.60. The summed E-state index contributed by atoms with van der Waals surface area (Å²) in [6, 6.07) is 0. The number of nitrogens with two attached hydrogens (primary N) is 1. The van der Waals surface area contributed by atoms with Crippen molar-refractivity contribution in [3.8, 4) is 0 Å². The van der Waals surface area contributed by atoms with Gasteiger partial charge < -0.3 is 0 Å². The SMILES string of the molecule is C[C@H](CNN)[C@H]1CC[C@H]2[C@@H]3CCC4CCCC[C@]4(C)[C@H]3CC[C@]12C. The molecule has 0 heterocycles. The second-order valence-electron chi connectivity index (χ2n) is 10.5. The van der Waals surface area contributed by atoms with Crippen LogP contribution in [0, 0.1) is 46.3 Å². The summed E-state index contributed by atoms with van der Waals surface area (Å²) >= 11 is 0. The summed E-state index contributed by atoms with van der Waals surface area (Å²) in [5, 5.41) is 0. The van der Waals surface area contributed by atoms with Gasteiger partial charge in [0.15, 0.2) is 0 Å². The Morgan fingerprint density at radius 2 is 1.71 bits per heavy atom. The van der Waals surface area contributed by atoms with E-state index in [1.54, 1.807) is 6.42 Å². The third-order valence-electron chi connectivity index (χ3n) is 9.78. The van der Waals surface area contributed by atoms with Gasteiger partial charge in [0.2, 0.25) is 0 Å². The zero-order chi connectivity index (χ0) is 16.9. The van der Waals surface area contributed by atoms with Crippen LogP contribution in [0.5, 0.6) is 0 Å². The van der Waals surface area contributed by atoms with E-state index in [1.807, 2.05) is 0 Å². The molecule has 2 heteroatoms. The third-order valence-corrected chi connectivity index (χ3v) is 9.78. The van der Waals surface area contributed by atoms with Crippen LogP contribution in [-0.4, -0.2) is 6.54 Å². The number of fused-ring (bicyclic) bond motifs is 5. The van der Waals surface area contributed by atoms with Crippen LogP contribution in [0.1, 0.15) is 85.0 Å². The Bertz CT molecular complexity index is 463. The van der Waals surface area contributed by atoms with Crippen molar-refractivity contribution in [2.45, 2.75) is 85.0 Å². The lowest BCUT2D eigenvalue weighted by atomic mass is 9.44. The summed E-state index contributed by atoms with van der Waals surface area (Å²) in [7, 11) is 0. The van der Waals surface area contributed by atoms with E-state index in [2.05, 4.69) is 26.2 Å². The highest BCUT2D eigenvalue weighted by Crippen LogP contribution is 2.68. The first-order valence-electron chi connectivity index (χ1n) is 10.9. The molecule has 0 amide bonds. The van der Waals surface area contributed by atoms with Crippen molar-refractivity contribution in [3.63, 3.8) is 0 Å². The Hall–Kier alpha value is -0.0800. The molecule has 4 aliphatic rings. The number of hydrogen-bond acceptors (Lipinski definition) is 2. The van der Waals surface area contributed by atoms with Gasteiger partial charge in [0.1, 0.15) is 0 Å². The van der Waals surface area contributed by atoms with Crippen LogP contribution < -0.4 is 11.3 Å². The van der Waals surface area contributed by atoms with Gasteiger partial charge in [0.05, 0.1) is 0 Å². The lowest BCUT2D eigenvalue weighted by molar-refractivity contribution is -0.114. The van der Waals surface area contributed by atoms with Gasteiger partial charge in [-0.05, 0) is 97.7 Å². The highest BCUT2D eigenvalue weighted by Gasteiger charge is 2.59. The van der Waals surface area contributed by atoms with Crippen LogP contribution in [-0.2, 0) is 0 Å². The Labute approximate surface area is 149 Å². The second-order valence-corrected chi connectivity index (χ2v) is 10.5. The normalized spacial score (nSPS) is 52.2. The van der Waals surface area contributed by atoms with E-state index >= 15 is 0 Å². The van der Waals surface area contributed by atoms with Gasteiger partial charge in [-0.3, -0.25) is 11.3 Å². The van der Waals surface area contributed by atoms with E-state index < -0.39 is 0 Å². The highest BCUT2D eigenvalue weighted by atomic mass is 15.2. The molecule has 4 saturated carbocycles. The van der Waals surface area contributed by atoms with Crippen LogP contribution in [0.15, 0.2) is 0 Å². The predicted molar refractivity (Wildman–Crippen MR) is 101 cm³/mol. The fraction of sp³-hybridized carbons (Fsp3) is 1.00. The summed E-state index contributed by atoms with van der Waals surface area (Å²) in [5.41, 5.74) is 4.23. The van der Waals surface area contributed by atoms with Crippen molar-refractivity contribution < 1.29 is 0 Å². The van der Waals surface area contributed by atoms with E-state index in [0.717, 1.165) is 42.1 Å². The molecule has 4 rings (SSSR count). The highest BCUT2D eigenvalue weighted by molar-refractivity contribution is 5.09. The van der Waals surface area contributed by atoms with Crippen LogP contribution in [0.4, 0.5) is 0 Å². The molecule has 0 aromatic rings. The Kier molecular flexibility index (Phi) is 4.53. The molecular weight excluding hydrogens is 292 g/mol. The van der Waals surface area contributed by atoms with Crippen molar-refractivity contribution in [1.82, 2.24) is 5.43 Å². The molecule has 0 saturated heterocycles. The van der Waals surface area contributed by atoms with Gasteiger partial charge in [-0.25, -0.2) is 0 Å². The van der Waals surface area contributed by atoms with Crippen molar-refractivity contribution in [2.75, 3.05) is 6.54 Å². The molecule has 0 radical (unpaired) electrons. The average Bonchev–Trinajstić information content (AvgIpc) is 2.92. The van der Waals surface area contributed by atoms with Gasteiger partial charge >= 0.3 is 0 Å². The maximum absolute atomic E-state index is 5.65. The fourth-order valence-corrected chi connectivity index (χ4v) is 8.60. The van der Waals surface area contributed by atoms with Crippen molar-refractivity contribution in [3.05, 3.63) is 0 Å². The quantitative estimate of drug-likeness (QED) is 0.555. The van der Waals surface area contributed by atoms with Gasteiger partial charge in [-0.15, -0.1) is 0 Å². The van der Waals surface area contributed by atoms with Crippen molar-refractivity contribution >= 4 is 0 Å². The molecule has 24 heavy (non-hydrogen) atoms. The summed E-state index contributed by atoms with van der Waals surface area (Å²) < 4.78 is 0. The molecule has 138 valence electrons. The van der Waals surface area contributed by atoms with E-state index in [9.17, 15) is 0 Å². The molecule has 0 spiro atoms. The number of hydrazine groups is 1. The number of nitrogens with one attached hydrogen (secondary N) is 1. The lowest BCUT2D eigenvalue weighted by Crippen LogP contribution is -2.53. The molecule has 8 atom stereocenters. The van der Waals surface area contributed by atoms with E-state index in [0.29, 0.717) is 10.8 Å². The molecular formula is C22H40N2. The third kappa shape index (κ3) is 2.42. The molecule has 0 aromatic carbocycles. The maximum atomic E-state index is 5.65. The number of hydrogen-bond donors (Lipinski definition) is 2. The van der Waals surface area contributed by atoms with E-state index in [1.165, 1.54) is 57.8 Å². The van der Waals surface area contributed by atoms with Gasteiger partial charge in [-0.1, -0.05) is 33.6 Å². The first-order valence-corrected chi connectivity index (χ1v) is 10.9. The van der Waals surface area contributed by atoms with Crippen molar-refractivity contribution in [1.29, 1.82) is 0 Å². The molecule has 4 fully saturated rings. The molecule has 0 aliphatic heterocycles. The zero-order valence-corrected chi connectivity index (χ0v) is 16.3. The molecule has 0 aromatic heterocycles. The second kappa shape index (κ2) is 6.27. The molecule has 1 unspecified atom stereocenters. The van der Waals surface area contributed by atoms with E-state index in [-0.39, 0.29) is 0 Å². The summed E-state index contributed by atoms with van der Waals surface area (Å²) in [4.78, 5) is 0. The Morgan fingerprint density at radius 3 is 2.50 bits per heavy atom. The van der Waals surface area contributed by atoms with E-state index in [4.69, 9.17) is 5.84 Å². The standard InChI is InChI=1S/C22H40N2/c1-15(14-24-23)18-9-10-19-17-8-7-16-6-4-5-12-21(16,2)20(17)11-13-22(18,19)3/h15-20,24H,4-14,23H2,1-3H3/t15-,16?,17+,18-,19+,20+,21+,22-/m1/s1. The average molecular weight is 333 g/mol. The monoisotopic (exact) mass is 332 g/mol. The summed E-state index contributed by atoms with van der Waals surface area (Å²) in [6.07, 6.45) is 15.1. The Morgan fingerprint density at radius 1 is 0.917 bits per heavy atom. The topological polar surface area (TPSA) is 38.0 Å². The molecule has 3 N–H and O–H groups in total. The van der Waals surface area contributed by atoms with Crippen LogP contribution in [0.3, 0.4) is 0 Å². The molecule has 0 bridgehead atoms. The summed E-state index contributed by atoms with van der Waals surface area (Å²) in [5.74, 6) is 11.4. The zero-order valence-electron chi connectivity index (χ0n) is 16.3. The van der Waals surface area contributed by atoms with Gasteiger partial charge in [0.25, 0.3) is 0 Å². The minimum absolute atomic E-state index is 0.593. The van der Waals surface area contributed by atoms with Crippen LogP contribution in [0.2, 0.25) is 0 Å². The smallest absolute Gasteiger partial charge is 0.0126 e. The maximum Gasteiger partial charge on any atom is 0.0126 e. The van der Waals surface area contributed by atoms with Crippen LogP contribution >= 0.6 is 0 Å². The minimum atomic E-state index is 0.593. The Balaban J connectivity index is 1.57. The predicted octanol–water partition coefficient (Wildman–Crippen LogP) is 5.13. The van der Waals surface area contributed by atoms with Gasteiger partial charge in [-0.2, -0.15) is 0 Å². The molecule has 2 nitrogen and oxygen atoms in total. The van der Waals surface area contributed by atoms with Gasteiger partial charge in [0, 0.05) is 6.54 Å². The first kappa shape index (κ1) is 17.3. The number of rotatable bonds is 3. The van der Waals surface area contributed by atoms with Crippen molar-refractivity contribution in [2.24, 2.45) is 52.2 Å². The largest absolute Gasteiger partial charge is 0.271 e. The lowest BCUT2D eigenvalue weighted by Gasteiger charge is -2.61. The first-order chi connectivity index (χ1) is 11.5.